The van der Waals surface area contributed by atoms with Gasteiger partial charge in [0.25, 0.3) is 5.91 Å². The molecule has 0 atom stereocenters. The van der Waals surface area contributed by atoms with E-state index in [0.717, 1.165) is 21.9 Å². The third-order valence-corrected chi connectivity index (χ3v) is 4.43. The van der Waals surface area contributed by atoms with E-state index < -0.39 is 0 Å². The predicted molar refractivity (Wildman–Crippen MR) is 108 cm³/mol. The molecule has 0 unspecified atom stereocenters. The number of hydrogen-bond acceptors (Lipinski definition) is 4. The lowest BCUT2D eigenvalue weighted by Gasteiger charge is -2.11. The van der Waals surface area contributed by atoms with Gasteiger partial charge in [-0.05, 0) is 41.1 Å². The molecule has 0 bridgehead atoms. The van der Waals surface area contributed by atoms with E-state index in [-0.39, 0.29) is 17.5 Å². The van der Waals surface area contributed by atoms with Crippen LogP contribution < -0.4 is 11.1 Å². The van der Waals surface area contributed by atoms with Crippen LogP contribution in [0.2, 0.25) is 0 Å². The van der Waals surface area contributed by atoms with E-state index in [1.54, 1.807) is 24.5 Å². The number of nitrogen functional groups attached to an aromatic ring is 1. The Hall–Kier alpha value is -3.80. The molecule has 138 valence electrons. The summed E-state index contributed by atoms with van der Waals surface area (Å²) < 4.78 is 13.4. The molecular formula is C22H17FN4O. The lowest BCUT2D eigenvalue weighted by molar-refractivity contribution is 0.102. The maximum Gasteiger partial charge on any atom is 0.257 e. The maximum atomic E-state index is 13.4. The molecule has 0 aliphatic rings. The molecule has 0 aliphatic carbocycles. The average molecular weight is 372 g/mol. The minimum Gasteiger partial charge on any atom is -0.382 e. The van der Waals surface area contributed by atoms with Crippen molar-refractivity contribution in [2.45, 2.75) is 6.42 Å². The lowest BCUT2D eigenvalue weighted by atomic mass is 10.1. The number of amides is 1. The summed E-state index contributed by atoms with van der Waals surface area (Å²) in [5.41, 5.74) is 8.42. The predicted octanol–water partition coefficient (Wildman–Crippen LogP) is 4.19. The SMILES string of the molecule is Nc1ncc(Cc2cccc(F)c2)cc1NC(=O)c1cncc2ccccc12. The molecule has 0 aliphatic heterocycles. The molecule has 0 saturated carbocycles. The number of pyridine rings is 2. The molecule has 4 aromatic rings. The molecule has 0 saturated heterocycles. The van der Waals surface area contributed by atoms with Crippen LogP contribution in [0.1, 0.15) is 21.5 Å². The summed E-state index contributed by atoms with van der Waals surface area (Å²) in [6, 6.07) is 15.6. The molecule has 5 nitrogen and oxygen atoms in total. The summed E-state index contributed by atoms with van der Waals surface area (Å²) in [7, 11) is 0. The molecule has 1 amide bonds. The highest BCUT2D eigenvalue weighted by molar-refractivity contribution is 6.13. The fraction of sp³-hybridized carbons (Fsp3) is 0.0455. The van der Waals surface area contributed by atoms with Crippen LogP contribution in [0.25, 0.3) is 10.8 Å². The Morgan fingerprint density at radius 1 is 1.00 bits per heavy atom. The van der Waals surface area contributed by atoms with E-state index in [4.69, 9.17) is 5.73 Å². The second-order valence-corrected chi connectivity index (χ2v) is 6.45. The van der Waals surface area contributed by atoms with Crippen LogP contribution in [-0.4, -0.2) is 15.9 Å². The van der Waals surface area contributed by atoms with Crippen molar-refractivity contribution in [2.75, 3.05) is 11.1 Å². The summed E-state index contributed by atoms with van der Waals surface area (Å²) in [6.07, 6.45) is 5.33. The van der Waals surface area contributed by atoms with Crippen molar-refractivity contribution in [1.29, 1.82) is 0 Å². The van der Waals surface area contributed by atoms with Crippen LogP contribution in [0.15, 0.2) is 73.2 Å². The standard InChI is InChI=1S/C22H17FN4O/c23-17-6-3-4-14(9-17)8-15-10-20(21(24)26-11-15)27-22(28)19-13-25-12-16-5-1-2-7-18(16)19/h1-7,9-13H,8H2,(H2,24,26)(H,27,28). The van der Waals surface area contributed by atoms with Crippen LogP contribution >= 0.6 is 0 Å². The van der Waals surface area contributed by atoms with Gasteiger partial charge in [-0.25, -0.2) is 9.37 Å². The Morgan fingerprint density at radius 3 is 2.71 bits per heavy atom. The first-order valence-corrected chi connectivity index (χ1v) is 8.73. The minimum atomic E-state index is -0.319. The number of benzene rings is 2. The van der Waals surface area contributed by atoms with Gasteiger partial charge in [0.2, 0.25) is 0 Å². The summed E-state index contributed by atoms with van der Waals surface area (Å²) >= 11 is 0. The van der Waals surface area contributed by atoms with Gasteiger partial charge in [-0.15, -0.1) is 0 Å². The van der Waals surface area contributed by atoms with Gasteiger partial charge in [0.1, 0.15) is 11.6 Å². The van der Waals surface area contributed by atoms with Crippen molar-refractivity contribution in [3.8, 4) is 0 Å². The highest BCUT2D eigenvalue weighted by Gasteiger charge is 2.13. The van der Waals surface area contributed by atoms with E-state index in [1.807, 2.05) is 30.3 Å². The molecule has 2 aromatic carbocycles. The molecule has 0 radical (unpaired) electrons. The first kappa shape index (κ1) is 17.6. The number of hydrogen-bond donors (Lipinski definition) is 2. The second-order valence-electron chi connectivity index (χ2n) is 6.45. The maximum absolute atomic E-state index is 13.4. The number of nitrogens with one attached hydrogen (secondary N) is 1. The molecule has 0 spiro atoms. The van der Waals surface area contributed by atoms with Gasteiger partial charge in [-0.2, -0.15) is 0 Å². The second kappa shape index (κ2) is 7.44. The van der Waals surface area contributed by atoms with Gasteiger partial charge in [0.05, 0.1) is 11.3 Å². The lowest BCUT2D eigenvalue weighted by Crippen LogP contribution is -2.15. The Morgan fingerprint density at radius 2 is 1.86 bits per heavy atom. The largest absolute Gasteiger partial charge is 0.382 e. The summed E-state index contributed by atoms with van der Waals surface area (Å²) in [5, 5.41) is 4.49. The number of aromatic nitrogens is 2. The topological polar surface area (TPSA) is 80.9 Å². The van der Waals surface area contributed by atoms with Gasteiger partial charge in [0, 0.05) is 24.0 Å². The number of anilines is 2. The smallest absolute Gasteiger partial charge is 0.257 e. The van der Waals surface area contributed by atoms with Gasteiger partial charge in [0.15, 0.2) is 0 Å². The average Bonchev–Trinajstić information content (AvgIpc) is 2.70. The van der Waals surface area contributed by atoms with Crippen molar-refractivity contribution >= 4 is 28.2 Å². The Balaban J connectivity index is 1.61. The fourth-order valence-corrected chi connectivity index (χ4v) is 3.09. The molecule has 6 heteroatoms. The van der Waals surface area contributed by atoms with Crippen LogP contribution in [0.5, 0.6) is 0 Å². The highest BCUT2D eigenvalue weighted by Crippen LogP contribution is 2.22. The first-order chi connectivity index (χ1) is 13.6. The number of fused-ring (bicyclic) bond motifs is 1. The number of nitrogens with two attached hydrogens (primary N) is 1. The zero-order valence-electron chi connectivity index (χ0n) is 14.9. The van der Waals surface area contributed by atoms with Crippen molar-refractivity contribution < 1.29 is 9.18 Å². The molecule has 2 heterocycles. The Kier molecular flexibility index (Phi) is 4.68. The number of nitrogens with zero attached hydrogens (tertiary/aromatic N) is 2. The quantitative estimate of drug-likeness (QED) is 0.563. The molecule has 0 fully saturated rings. The van der Waals surface area contributed by atoms with Gasteiger partial charge >= 0.3 is 0 Å². The summed E-state index contributed by atoms with van der Waals surface area (Å²) in [6.45, 7) is 0. The zero-order valence-corrected chi connectivity index (χ0v) is 14.9. The Bertz CT molecular complexity index is 1170. The van der Waals surface area contributed by atoms with Crippen molar-refractivity contribution in [3.05, 3.63) is 95.7 Å². The van der Waals surface area contributed by atoms with E-state index in [2.05, 4.69) is 15.3 Å². The first-order valence-electron chi connectivity index (χ1n) is 8.73. The van der Waals surface area contributed by atoms with E-state index >= 15 is 0 Å². The van der Waals surface area contributed by atoms with Crippen LogP contribution in [0.3, 0.4) is 0 Å². The van der Waals surface area contributed by atoms with Crippen LogP contribution in [0.4, 0.5) is 15.9 Å². The van der Waals surface area contributed by atoms with Crippen LogP contribution in [-0.2, 0) is 6.42 Å². The number of rotatable bonds is 4. The monoisotopic (exact) mass is 372 g/mol. The van der Waals surface area contributed by atoms with Crippen molar-refractivity contribution in [1.82, 2.24) is 9.97 Å². The molecule has 2 aromatic heterocycles. The zero-order chi connectivity index (χ0) is 19.5. The van der Waals surface area contributed by atoms with Crippen LogP contribution in [0, 0.1) is 5.82 Å². The van der Waals surface area contributed by atoms with Gasteiger partial charge in [-0.1, -0.05) is 36.4 Å². The number of halogens is 1. The van der Waals surface area contributed by atoms with E-state index in [1.165, 1.54) is 18.3 Å². The molecule has 3 N–H and O–H groups in total. The fourth-order valence-electron chi connectivity index (χ4n) is 3.09. The molecule has 4 rings (SSSR count). The van der Waals surface area contributed by atoms with Crippen molar-refractivity contribution in [2.24, 2.45) is 0 Å². The minimum absolute atomic E-state index is 0.213. The molecular weight excluding hydrogens is 355 g/mol. The van der Waals surface area contributed by atoms with Crippen molar-refractivity contribution in [3.63, 3.8) is 0 Å². The Labute approximate surface area is 161 Å². The molecule has 28 heavy (non-hydrogen) atoms. The van der Waals surface area contributed by atoms with E-state index in [9.17, 15) is 9.18 Å². The van der Waals surface area contributed by atoms with Gasteiger partial charge < -0.3 is 11.1 Å². The van der Waals surface area contributed by atoms with Gasteiger partial charge in [-0.3, -0.25) is 9.78 Å². The number of carbonyl (C=O) groups is 1. The number of carbonyl (C=O) groups excluding carboxylic acids is 1. The summed E-state index contributed by atoms with van der Waals surface area (Å²) in [4.78, 5) is 21.1. The third kappa shape index (κ3) is 3.66. The van der Waals surface area contributed by atoms with E-state index in [0.29, 0.717) is 17.7 Å². The normalized spacial score (nSPS) is 10.8. The summed E-state index contributed by atoms with van der Waals surface area (Å²) in [5.74, 6) is -0.400. The third-order valence-electron chi connectivity index (χ3n) is 4.43. The highest BCUT2D eigenvalue weighted by atomic mass is 19.1.